The number of carbonyl (C=O) groups excluding carboxylic acids is 1. The summed E-state index contributed by atoms with van der Waals surface area (Å²) in [5.74, 6) is 0.973. The van der Waals surface area contributed by atoms with Crippen LogP contribution in [0.15, 0.2) is 24.3 Å². The molecule has 0 radical (unpaired) electrons. The lowest BCUT2D eigenvalue weighted by Crippen LogP contribution is -2.47. The molecule has 5 heteroatoms. The Kier molecular flexibility index (Phi) is 7.41. The van der Waals surface area contributed by atoms with Crippen molar-refractivity contribution in [1.29, 1.82) is 0 Å². The molecule has 0 bridgehead atoms. The molecule has 1 aromatic carbocycles. The van der Waals surface area contributed by atoms with Crippen LogP contribution in [0.25, 0.3) is 0 Å². The molecule has 112 valence electrons. The molecule has 4 nitrogen and oxygen atoms in total. The van der Waals surface area contributed by atoms with Crippen LogP contribution < -0.4 is 15.4 Å². The van der Waals surface area contributed by atoms with Gasteiger partial charge >= 0.3 is 0 Å². The van der Waals surface area contributed by atoms with E-state index in [4.69, 9.17) is 4.74 Å². The number of rotatable bonds is 5. The van der Waals surface area contributed by atoms with Crippen molar-refractivity contribution in [1.82, 2.24) is 10.6 Å². The monoisotopic (exact) mass is 298 g/mol. The standard InChI is InChI=1S/C15H22N2O2.ClH/c1-12-6-2-3-8-14(12)19-11-10-17-15(18)13-7-4-5-9-16-13;/h2-3,6,8,13,16H,4-5,7,9-11H2,1H3,(H,17,18);1H. The van der Waals surface area contributed by atoms with E-state index >= 15 is 0 Å². The Morgan fingerprint density at radius 2 is 2.20 bits per heavy atom. The van der Waals surface area contributed by atoms with E-state index in [-0.39, 0.29) is 24.4 Å². The summed E-state index contributed by atoms with van der Waals surface area (Å²) in [7, 11) is 0. The second-order valence-corrected chi connectivity index (χ2v) is 4.91. The second kappa shape index (κ2) is 8.82. The molecule has 0 saturated carbocycles. The highest BCUT2D eigenvalue weighted by Gasteiger charge is 2.19. The topological polar surface area (TPSA) is 50.4 Å². The van der Waals surface area contributed by atoms with E-state index in [1.807, 2.05) is 31.2 Å². The first-order chi connectivity index (χ1) is 9.27. The third-order valence-electron chi connectivity index (χ3n) is 3.38. The van der Waals surface area contributed by atoms with Crippen molar-refractivity contribution in [2.24, 2.45) is 0 Å². The summed E-state index contributed by atoms with van der Waals surface area (Å²) in [6, 6.07) is 7.87. The fourth-order valence-corrected chi connectivity index (χ4v) is 2.25. The molecule has 20 heavy (non-hydrogen) atoms. The Morgan fingerprint density at radius 3 is 2.90 bits per heavy atom. The molecule has 1 atom stereocenters. The van der Waals surface area contributed by atoms with E-state index in [1.165, 1.54) is 6.42 Å². The molecule has 1 saturated heterocycles. The van der Waals surface area contributed by atoms with Gasteiger partial charge in [0.2, 0.25) is 5.91 Å². The van der Waals surface area contributed by atoms with Crippen LogP contribution in [0.4, 0.5) is 0 Å². The smallest absolute Gasteiger partial charge is 0.237 e. The van der Waals surface area contributed by atoms with E-state index in [9.17, 15) is 4.79 Å². The molecule has 1 heterocycles. The highest BCUT2D eigenvalue weighted by molar-refractivity contribution is 5.85. The van der Waals surface area contributed by atoms with Crippen molar-refractivity contribution in [2.75, 3.05) is 19.7 Å². The van der Waals surface area contributed by atoms with Crippen LogP contribution in [-0.4, -0.2) is 31.6 Å². The summed E-state index contributed by atoms with van der Waals surface area (Å²) in [5.41, 5.74) is 1.11. The number of amides is 1. The first kappa shape index (κ1) is 16.8. The highest BCUT2D eigenvalue weighted by atomic mass is 35.5. The normalized spacial score (nSPS) is 17.9. The van der Waals surface area contributed by atoms with Crippen molar-refractivity contribution >= 4 is 18.3 Å². The molecule has 1 aromatic rings. The van der Waals surface area contributed by atoms with Gasteiger partial charge in [-0.3, -0.25) is 4.79 Å². The van der Waals surface area contributed by atoms with E-state index in [0.717, 1.165) is 30.7 Å². The SMILES string of the molecule is Cc1ccccc1OCCNC(=O)C1CCCCN1.Cl. The first-order valence-corrected chi connectivity index (χ1v) is 6.97. The number of hydrogen-bond donors (Lipinski definition) is 2. The average molecular weight is 299 g/mol. The second-order valence-electron chi connectivity index (χ2n) is 4.91. The molecule has 1 unspecified atom stereocenters. The molecule has 1 aliphatic rings. The highest BCUT2D eigenvalue weighted by Crippen LogP contribution is 2.15. The van der Waals surface area contributed by atoms with Crippen LogP contribution in [-0.2, 0) is 4.79 Å². The summed E-state index contributed by atoms with van der Waals surface area (Å²) in [6.45, 7) is 4.01. The Labute approximate surface area is 126 Å². The lowest BCUT2D eigenvalue weighted by atomic mass is 10.0. The number of para-hydroxylation sites is 1. The third kappa shape index (κ3) is 5.02. The van der Waals surface area contributed by atoms with Gasteiger partial charge in [0, 0.05) is 0 Å². The maximum atomic E-state index is 11.8. The number of carbonyl (C=O) groups is 1. The fraction of sp³-hybridized carbons (Fsp3) is 0.533. The summed E-state index contributed by atoms with van der Waals surface area (Å²) in [5, 5.41) is 6.15. The molecular weight excluding hydrogens is 276 g/mol. The lowest BCUT2D eigenvalue weighted by Gasteiger charge is -2.22. The van der Waals surface area contributed by atoms with Crippen LogP contribution in [0.5, 0.6) is 5.75 Å². The van der Waals surface area contributed by atoms with Crippen molar-refractivity contribution in [3.63, 3.8) is 0 Å². The van der Waals surface area contributed by atoms with Crippen LogP contribution in [0, 0.1) is 6.92 Å². The number of ether oxygens (including phenoxy) is 1. The zero-order valence-corrected chi connectivity index (χ0v) is 12.7. The molecule has 0 aliphatic carbocycles. The first-order valence-electron chi connectivity index (χ1n) is 6.97. The van der Waals surface area contributed by atoms with Gasteiger partial charge in [0.15, 0.2) is 0 Å². The number of halogens is 1. The van der Waals surface area contributed by atoms with Gasteiger partial charge in [-0.1, -0.05) is 24.6 Å². The molecular formula is C15H23ClN2O2. The number of nitrogens with one attached hydrogen (secondary N) is 2. The van der Waals surface area contributed by atoms with Crippen LogP contribution in [0.1, 0.15) is 24.8 Å². The van der Waals surface area contributed by atoms with E-state index in [1.54, 1.807) is 0 Å². The van der Waals surface area contributed by atoms with Crippen molar-refractivity contribution in [3.05, 3.63) is 29.8 Å². The molecule has 1 fully saturated rings. The maximum absolute atomic E-state index is 11.8. The Hall–Kier alpha value is -1.26. The Morgan fingerprint density at radius 1 is 1.40 bits per heavy atom. The molecule has 0 aromatic heterocycles. The predicted octanol–water partition coefficient (Wildman–Crippen LogP) is 2.05. The quantitative estimate of drug-likeness (QED) is 0.818. The van der Waals surface area contributed by atoms with Crippen molar-refractivity contribution < 1.29 is 9.53 Å². The minimum atomic E-state index is -0.0211. The van der Waals surface area contributed by atoms with Gasteiger partial charge < -0.3 is 15.4 Å². The molecule has 2 rings (SSSR count). The number of aryl methyl sites for hydroxylation is 1. The third-order valence-corrected chi connectivity index (χ3v) is 3.38. The number of benzene rings is 1. The summed E-state index contributed by atoms with van der Waals surface area (Å²) >= 11 is 0. The molecule has 1 aliphatic heterocycles. The fourth-order valence-electron chi connectivity index (χ4n) is 2.25. The van der Waals surface area contributed by atoms with E-state index in [0.29, 0.717) is 13.2 Å². The van der Waals surface area contributed by atoms with Gasteiger partial charge in [0.25, 0.3) is 0 Å². The minimum absolute atomic E-state index is 0. The number of hydrogen-bond acceptors (Lipinski definition) is 3. The van der Waals surface area contributed by atoms with E-state index in [2.05, 4.69) is 10.6 Å². The van der Waals surface area contributed by atoms with Crippen LogP contribution in [0.3, 0.4) is 0 Å². The van der Waals surface area contributed by atoms with Gasteiger partial charge in [-0.2, -0.15) is 0 Å². The van der Waals surface area contributed by atoms with Crippen LogP contribution >= 0.6 is 12.4 Å². The molecule has 1 amide bonds. The van der Waals surface area contributed by atoms with Gasteiger partial charge in [-0.25, -0.2) is 0 Å². The summed E-state index contributed by atoms with van der Waals surface area (Å²) < 4.78 is 5.64. The lowest BCUT2D eigenvalue weighted by molar-refractivity contribution is -0.123. The maximum Gasteiger partial charge on any atom is 0.237 e. The van der Waals surface area contributed by atoms with Crippen molar-refractivity contribution in [2.45, 2.75) is 32.2 Å². The van der Waals surface area contributed by atoms with Gasteiger partial charge in [-0.05, 0) is 37.9 Å². The summed E-state index contributed by atoms with van der Waals surface area (Å²) in [4.78, 5) is 11.8. The summed E-state index contributed by atoms with van der Waals surface area (Å²) in [6.07, 6.45) is 3.23. The Bertz CT molecular complexity index is 420. The number of piperidine rings is 1. The minimum Gasteiger partial charge on any atom is -0.491 e. The molecule has 0 spiro atoms. The van der Waals surface area contributed by atoms with Crippen molar-refractivity contribution in [3.8, 4) is 5.75 Å². The van der Waals surface area contributed by atoms with E-state index < -0.39 is 0 Å². The predicted molar refractivity (Wildman–Crippen MR) is 82.6 cm³/mol. The average Bonchev–Trinajstić information content (AvgIpc) is 2.46. The van der Waals surface area contributed by atoms with Crippen LogP contribution in [0.2, 0.25) is 0 Å². The van der Waals surface area contributed by atoms with Gasteiger partial charge in [0.05, 0.1) is 12.6 Å². The zero-order chi connectivity index (χ0) is 13.5. The largest absolute Gasteiger partial charge is 0.491 e. The zero-order valence-electron chi connectivity index (χ0n) is 11.9. The Balaban J connectivity index is 0.00000200. The van der Waals surface area contributed by atoms with Gasteiger partial charge in [0.1, 0.15) is 12.4 Å². The molecule has 2 N–H and O–H groups in total. The van der Waals surface area contributed by atoms with Gasteiger partial charge in [-0.15, -0.1) is 12.4 Å².